The van der Waals surface area contributed by atoms with Crippen molar-refractivity contribution >= 4 is 33.2 Å². The van der Waals surface area contributed by atoms with Crippen LogP contribution < -0.4 is 10.1 Å². The van der Waals surface area contributed by atoms with Crippen molar-refractivity contribution in [2.75, 3.05) is 20.2 Å². The van der Waals surface area contributed by atoms with Gasteiger partial charge in [-0.15, -0.1) is 11.3 Å². The van der Waals surface area contributed by atoms with E-state index in [1.165, 1.54) is 11.3 Å². The summed E-state index contributed by atoms with van der Waals surface area (Å²) in [7, 11) is 1.67. The number of carbonyl (C=O) groups excluding carboxylic acids is 2. The molecule has 1 N–H and O–H groups in total. The normalized spacial score (nSPS) is 16.7. The molecule has 2 heterocycles. The van der Waals surface area contributed by atoms with Gasteiger partial charge < -0.3 is 15.0 Å². The van der Waals surface area contributed by atoms with E-state index in [9.17, 15) is 9.59 Å². The van der Waals surface area contributed by atoms with E-state index in [1.807, 2.05) is 47.4 Å². The molecule has 162 valence electrons. The minimum absolute atomic E-state index is 0.0109. The van der Waals surface area contributed by atoms with Crippen molar-refractivity contribution in [3.63, 3.8) is 0 Å². The smallest absolute Gasteiger partial charge is 0.261 e. The van der Waals surface area contributed by atoms with Crippen molar-refractivity contribution in [3.8, 4) is 5.75 Å². The topological polar surface area (TPSA) is 58.6 Å². The number of hydrogen-bond donors (Lipinski definition) is 1. The molecule has 5 nitrogen and oxygen atoms in total. The molecule has 0 aliphatic carbocycles. The van der Waals surface area contributed by atoms with Gasteiger partial charge in [-0.25, -0.2) is 0 Å². The van der Waals surface area contributed by atoms with Gasteiger partial charge in [-0.2, -0.15) is 0 Å². The third kappa shape index (κ3) is 4.90. The van der Waals surface area contributed by atoms with E-state index in [4.69, 9.17) is 4.74 Å². The summed E-state index contributed by atoms with van der Waals surface area (Å²) in [4.78, 5) is 28.4. The number of ether oxygens (including phenoxy) is 1. The Hall–Kier alpha value is -2.86. The van der Waals surface area contributed by atoms with Gasteiger partial charge in [0.25, 0.3) is 11.8 Å². The number of benzene rings is 2. The summed E-state index contributed by atoms with van der Waals surface area (Å²) in [6, 6.07) is 17.7. The van der Waals surface area contributed by atoms with Crippen molar-refractivity contribution in [1.29, 1.82) is 0 Å². The minimum Gasteiger partial charge on any atom is -0.484 e. The molecule has 1 fully saturated rings. The van der Waals surface area contributed by atoms with E-state index in [1.54, 1.807) is 7.05 Å². The number of rotatable bonds is 6. The van der Waals surface area contributed by atoms with E-state index in [0.29, 0.717) is 12.2 Å². The monoisotopic (exact) mass is 436 g/mol. The van der Waals surface area contributed by atoms with Gasteiger partial charge in [-0.1, -0.05) is 49.2 Å². The first-order chi connectivity index (χ1) is 15.2. The molecule has 6 heteroatoms. The van der Waals surface area contributed by atoms with Crippen molar-refractivity contribution < 1.29 is 14.3 Å². The summed E-state index contributed by atoms with van der Waals surface area (Å²) in [6.07, 6.45) is 4.83. The van der Waals surface area contributed by atoms with Crippen LogP contribution in [-0.4, -0.2) is 43.0 Å². The molecule has 31 heavy (non-hydrogen) atoms. The van der Waals surface area contributed by atoms with Crippen LogP contribution in [0.4, 0.5) is 0 Å². The number of hydrogen-bond acceptors (Lipinski definition) is 4. The fraction of sp³-hybridized carbons (Fsp3) is 0.360. The number of likely N-dealkylation sites (tertiary alicyclic amines) is 1. The number of fused-ring (bicyclic) bond motifs is 1. The van der Waals surface area contributed by atoms with Crippen LogP contribution in [0.15, 0.2) is 54.6 Å². The van der Waals surface area contributed by atoms with Crippen LogP contribution in [0.3, 0.4) is 0 Å². The lowest BCUT2D eigenvalue weighted by Crippen LogP contribution is -2.43. The highest BCUT2D eigenvalue weighted by Gasteiger charge is 2.29. The molecular formula is C25H28N2O3S. The Morgan fingerprint density at radius 1 is 1.06 bits per heavy atom. The molecule has 1 saturated heterocycles. The fourth-order valence-electron chi connectivity index (χ4n) is 4.30. The molecule has 0 radical (unpaired) electrons. The summed E-state index contributed by atoms with van der Waals surface area (Å²) < 4.78 is 6.85. The van der Waals surface area contributed by atoms with Crippen LogP contribution in [0.1, 0.15) is 40.9 Å². The standard InChI is InChI=1S/C25H28N2O3S/c1-26-25(29)24-21(20-13-7-8-14-22(20)31-24)16-18-10-4-3-9-15-27(18)23(28)17-30-19-11-5-2-6-12-19/h2,5-8,11-14,18H,3-4,9-10,15-17H2,1H3,(H,26,29). The maximum atomic E-state index is 13.1. The molecular weight excluding hydrogens is 408 g/mol. The molecule has 2 amide bonds. The van der Waals surface area contributed by atoms with Gasteiger partial charge in [-0.3, -0.25) is 9.59 Å². The van der Waals surface area contributed by atoms with Gasteiger partial charge >= 0.3 is 0 Å². The SMILES string of the molecule is CNC(=O)c1sc2ccccc2c1CC1CCCCCN1C(=O)COc1ccccc1. The summed E-state index contributed by atoms with van der Waals surface area (Å²) in [5.41, 5.74) is 1.05. The first kappa shape index (κ1) is 21.4. The van der Waals surface area contributed by atoms with Gasteiger partial charge in [-0.05, 0) is 48.4 Å². The lowest BCUT2D eigenvalue weighted by atomic mass is 9.98. The van der Waals surface area contributed by atoms with Crippen molar-refractivity contribution in [2.45, 2.75) is 38.1 Å². The van der Waals surface area contributed by atoms with Crippen LogP contribution in [0, 0.1) is 0 Å². The molecule has 1 atom stereocenters. The first-order valence-electron chi connectivity index (χ1n) is 10.9. The Morgan fingerprint density at radius 2 is 1.84 bits per heavy atom. The molecule has 0 spiro atoms. The van der Waals surface area contributed by atoms with Gasteiger partial charge in [0.05, 0.1) is 4.88 Å². The van der Waals surface area contributed by atoms with Crippen molar-refractivity contribution in [3.05, 3.63) is 65.0 Å². The van der Waals surface area contributed by atoms with E-state index in [2.05, 4.69) is 17.4 Å². The van der Waals surface area contributed by atoms with Crippen LogP contribution >= 0.6 is 11.3 Å². The second kappa shape index (κ2) is 9.96. The highest BCUT2D eigenvalue weighted by atomic mass is 32.1. The Bertz CT molecular complexity index is 1050. The van der Waals surface area contributed by atoms with Gasteiger partial charge in [0.2, 0.25) is 0 Å². The van der Waals surface area contributed by atoms with E-state index in [0.717, 1.165) is 52.8 Å². The molecule has 1 aliphatic rings. The quantitative estimate of drug-likeness (QED) is 0.612. The van der Waals surface area contributed by atoms with Crippen LogP contribution in [0.25, 0.3) is 10.1 Å². The van der Waals surface area contributed by atoms with Gasteiger partial charge in [0.1, 0.15) is 5.75 Å². The molecule has 1 aromatic heterocycles. The fourth-order valence-corrected chi connectivity index (χ4v) is 5.48. The van der Waals surface area contributed by atoms with E-state index >= 15 is 0 Å². The molecule has 0 bridgehead atoms. The molecule has 4 rings (SSSR count). The third-order valence-electron chi connectivity index (χ3n) is 5.87. The van der Waals surface area contributed by atoms with Crippen molar-refractivity contribution in [1.82, 2.24) is 10.2 Å². The van der Waals surface area contributed by atoms with E-state index < -0.39 is 0 Å². The largest absolute Gasteiger partial charge is 0.484 e. The lowest BCUT2D eigenvalue weighted by molar-refractivity contribution is -0.135. The minimum atomic E-state index is -0.0601. The lowest BCUT2D eigenvalue weighted by Gasteiger charge is -2.30. The van der Waals surface area contributed by atoms with Crippen LogP contribution in [0.5, 0.6) is 5.75 Å². The van der Waals surface area contributed by atoms with Gasteiger partial charge in [0, 0.05) is 24.3 Å². The number of nitrogens with zero attached hydrogens (tertiary/aromatic N) is 1. The highest BCUT2D eigenvalue weighted by molar-refractivity contribution is 7.21. The van der Waals surface area contributed by atoms with Crippen molar-refractivity contribution in [2.24, 2.45) is 0 Å². The average molecular weight is 437 g/mol. The zero-order valence-electron chi connectivity index (χ0n) is 17.8. The Labute approximate surface area is 187 Å². The Balaban J connectivity index is 1.58. The number of para-hydroxylation sites is 1. The maximum absolute atomic E-state index is 13.1. The number of thiophene rings is 1. The number of nitrogens with one attached hydrogen (secondary N) is 1. The first-order valence-corrected chi connectivity index (χ1v) is 11.7. The molecule has 2 aromatic carbocycles. The zero-order valence-corrected chi connectivity index (χ0v) is 18.6. The van der Waals surface area contributed by atoms with Crippen LogP contribution in [0.2, 0.25) is 0 Å². The summed E-state index contributed by atoms with van der Waals surface area (Å²) in [6.45, 7) is 0.770. The Kier molecular flexibility index (Phi) is 6.87. The molecule has 1 aliphatic heterocycles. The summed E-state index contributed by atoms with van der Waals surface area (Å²) >= 11 is 1.53. The highest BCUT2D eigenvalue weighted by Crippen LogP contribution is 2.34. The predicted octanol–water partition coefficient (Wildman–Crippen LogP) is 4.65. The third-order valence-corrected chi connectivity index (χ3v) is 7.09. The second-order valence-electron chi connectivity index (χ2n) is 7.88. The maximum Gasteiger partial charge on any atom is 0.261 e. The van der Waals surface area contributed by atoms with Gasteiger partial charge in [0.15, 0.2) is 6.61 Å². The predicted molar refractivity (Wildman–Crippen MR) is 125 cm³/mol. The van der Waals surface area contributed by atoms with Crippen LogP contribution in [-0.2, 0) is 11.2 Å². The van der Waals surface area contributed by atoms with E-state index in [-0.39, 0.29) is 24.5 Å². The molecule has 1 unspecified atom stereocenters. The molecule has 0 saturated carbocycles. The summed E-state index contributed by atoms with van der Waals surface area (Å²) in [5, 5.41) is 3.89. The molecule has 3 aromatic rings. The summed E-state index contributed by atoms with van der Waals surface area (Å²) in [5.74, 6) is 0.653. The zero-order chi connectivity index (χ0) is 21.6. The average Bonchev–Trinajstić information content (AvgIpc) is 3.00. The second-order valence-corrected chi connectivity index (χ2v) is 8.93. The Morgan fingerprint density at radius 3 is 2.65 bits per heavy atom. The number of amides is 2. The number of carbonyl (C=O) groups is 2.